The monoisotopic (exact) mass is 1870 g/mol. The van der Waals surface area contributed by atoms with Crippen LogP contribution >= 0.6 is 0 Å². The van der Waals surface area contributed by atoms with Crippen molar-refractivity contribution >= 4 is 222 Å². The zero-order chi connectivity index (χ0) is 98.4. The molecule has 27 aromatic rings. The maximum atomic E-state index is 2.60. The molecule has 0 fully saturated rings. The lowest BCUT2D eigenvalue weighted by Crippen LogP contribution is -2.56. The molecular weight excluding hydrogens is 1760 g/mol. The standard InChI is InChI=1S/C52H55BN2.C48H30BN3.C36H23BN2/c1-49(2,3)32-18-23-44-38(26-32)39-27-33(50(4,5)6)19-24-45(39)54(44)37-21-22-42-47(31-37)55-46-25-20-34(51(7,8)9)28-40(46)41-29-35(52(10,11)12)30-43(48(41)55)53(42)36-16-14-13-15-17-36;1-2-13-31(14-3-1)49-40-27-25-33(51-44-23-10-6-17-36(44)37-18-7-11-24-45(37)51)30-47(40)52-46-28-26-32(29-39(46)38-19-12-20-41(49)48(38)52)50-42-21-8-4-15-34(42)35-16-5-9-22-43(35)50;1-2-11-24(12-3-1)37-30-22-21-25(38-32-18-7-4-13-26(32)27-14-5-8-19-33(27)38)23-35(30)39-34-20-9-6-15-28(34)29-16-10-17-31(37)36(29)39/h13-31H,1-12H3;1-30H;1-23H. The Morgan fingerprint density at radius 2 is 0.370 bits per heavy atom. The quantitative estimate of drug-likeness (QED) is 0.143. The van der Waals surface area contributed by atoms with E-state index in [9.17, 15) is 0 Å². The summed E-state index contributed by atoms with van der Waals surface area (Å²) in [6.45, 7) is 28.3. The Kier molecular flexibility index (Phi) is 19.3. The molecule has 10 heterocycles. The van der Waals surface area contributed by atoms with Crippen LogP contribution in [0.4, 0.5) is 0 Å². The summed E-state index contributed by atoms with van der Waals surface area (Å²) in [4.78, 5) is 0. The third kappa shape index (κ3) is 13.2. The van der Waals surface area contributed by atoms with E-state index in [1.165, 1.54) is 264 Å². The van der Waals surface area contributed by atoms with Crippen LogP contribution in [0.15, 0.2) is 437 Å². The van der Waals surface area contributed by atoms with Crippen LogP contribution in [-0.2, 0) is 21.7 Å². The third-order valence-electron chi connectivity index (χ3n) is 32.5. The number of nitrogens with zero attached hydrogens (tertiary/aromatic N) is 7. The molecule has 0 amide bonds. The Hall–Kier alpha value is -16.8. The van der Waals surface area contributed by atoms with Gasteiger partial charge in [0.2, 0.25) is 20.1 Å². The fourth-order valence-corrected chi connectivity index (χ4v) is 25.5. The number of hydrogen-bond acceptors (Lipinski definition) is 0. The van der Waals surface area contributed by atoms with E-state index >= 15 is 0 Å². The van der Waals surface area contributed by atoms with Gasteiger partial charge in [0.15, 0.2) is 0 Å². The second-order valence-corrected chi connectivity index (χ2v) is 45.1. The molecule has 20 aromatic carbocycles. The molecular formula is C136H108B3N7. The smallest absolute Gasteiger partial charge is 0.246 e. The molecule has 0 radical (unpaired) electrons. The fraction of sp³-hybridized carbons (Fsp3) is 0.118. The highest BCUT2D eigenvalue weighted by atomic mass is 15.1. The number of aromatic nitrogens is 7. The van der Waals surface area contributed by atoms with Gasteiger partial charge < -0.3 is 32.0 Å². The number of fused-ring (bicyclic) bond motifs is 27. The molecule has 0 aliphatic carbocycles. The first-order chi connectivity index (χ1) is 71.0. The lowest BCUT2D eigenvalue weighted by Gasteiger charge is -2.30. The minimum atomic E-state index is 0.00235. The Labute approximate surface area is 851 Å². The van der Waals surface area contributed by atoms with Gasteiger partial charge in [-0.2, -0.15) is 0 Å². The zero-order valence-electron chi connectivity index (χ0n) is 84.4. The summed E-state index contributed by atoms with van der Waals surface area (Å²) < 4.78 is 17.4. The van der Waals surface area contributed by atoms with Gasteiger partial charge in [0.25, 0.3) is 0 Å². The average molecular weight is 1870 g/mol. The lowest BCUT2D eigenvalue weighted by atomic mass is 9.35. The van der Waals surface area contributed by atoms with Gasteiger partial charge >= 0.3 is 0 Å². The zero-order valence-corrected chi connectivity index (χ0v) is 84.4. The molecule has 0 atom stereocenters. The van der Waals surface area contributed by atoms with Gasteiger partial charge in [-0.05, 0) is 216 Å². The largest absolute Gasteiger partial charge is 0.310 e. The van der Waals surface area contributed by atoms with E-state index in [4.69, 9.17) is 0 Å². The van der Waals surface area contributed by atoms with Crippen molar-refractivity contribution in [3.05, 3.63) is 459 Å². The van der Waals surface area contributed by atoms with Crippen LogP contribution in [0.2, 0.25) is 0 Å². The van der Waals surface area contributed by atoms with Crippen LogP contribution in [0, 0.1) is 0 Å². The maximum absolute atomic E-state index is 2.60. The second kappa shape index (κ2) is 32.4. The Morgan fingerprint density at radius 1 is 0.144 bits per heavy atom. The molecule has 0 spiro atoms. The van der Waals surface area contributed by atoms with Crippen molar-refractivity contribution in [2.75, 3.05) is 0 Å². The van der Waals surface area contributed by atoms with E-state index < -0.39 is 0 Å². The highest BCUT2D eigenvalue weighted by Gasteiger charge is 2.40. The molecule has 0 unspecified atom stereocenters. The highest BCUT2D eigenvalue weighted by molar-refractivity contribution is 6.99. The molecule has 0 N–H and O–H groups in total. The molecule has 0 saturated heterocycles. The molecule has 7 aromatic heterocycles. The van der Waals surface area contributed by atoms with Crippen LogP contribution in [0.25, 0.3) is 192 Å². The van der Waals surface area contributed by atoms with Crippen LogP contribution in [-0.4, -0.2) is 52.1 Å². The van der Waals surface area contributed by atoms with Gasteiger partial charge in [-0.25, -0.2) is 0 Å². The number of para-hydroxylation sites is 9. The van der Waals surface area contributed by atoms with Crippen LogP contribution in [0.3, 0.4) is 0 Å². The van der Waals surface area contributed by atoms with Gasteiger partial charge in [-0.1, -0.05) is 397 Å². The minimum Gasteiger partial charge on any atom is -0.310 e. The SMILES string of the molecule is CC(C)(C)c1ccc2c(c1)c1cc(C(C)(C)C)ccc1n2-c1ccc2c(c1)-n1c3ccc(C(C)(C)C)cc3c3cc(C(C)(C)C)cc(c31)B2c1ccccc1.c1ccc(B2c3ccc(-n4c5ccccc5c5ccccc54)cc3-n3c4ccc(-n5c6ccccc6c6ccccc65)cc4c4cccc2c43)cc1.c1ccc(B2c3ccc(-n4c5ccccc5c5ccccc54)cc3-n3c4ccccc4c4cccc2c43)cc1. The maximum Gasteiger partial charge on any atom is 0.246 e. The number of rotatable bonds is 7. The topological polar surface area (TPSA) is 34.5 Å². The first-order valence-corrected chi connectivity index (χ1v) is 51.9. The van der Waals surface area contributed by atoms with Gasteiger partial charge in [0.1, 0.15) is 0 Å². The van der Waals surface area contributed by atoms with E-state index in [1.807, 2.05) is 0 Å². The van der Waals surface area contributed by atoms with E-state index in [0.717, 1.165) is 0 Å². The lowest BCUT2D eigenvalue weighted by molar-refractivity contribution is 0.590. The van der Waals surface area contributed by atoms with Gasteiger partial charge in [-0.15, -0.1) is 0 Å². The van der Waals surface area contributed by atoms with Crippen molar-refractivity contribution in [2.24, 2.45) is 0 Å². The van der Waals surface area contributed by atoms with Gasteiger partial charge in [-0.3, -0.25) is 0 Å². The molecule has 30 rings (SSSR count). The predicted molar refractivity (Wildman–Crippen MR) is 628 cm³/mol. The third-order valence-corrected chi connectivity index (χ3v) is 32.5. The van der Waals surface area contributed by atoms with E-state index in [0.29, 0.717) is 0 Å². The van der Waals surface area contributed by atoms with Crippen molar-refractivity contribution in [3.8, 4) is 39.8 Å². The first-order valence-electron chi connectivity index (χ1n) is 51.9. The summed E-state index contributed by atoms with van der Waals surface area (Å²) in [6.07, 6.45) is 0. The number of hydrogen-bond donors (Lipinski definition) is 0. The summed E-state index contributed by atoms with van der Waals surface area (Å²) in [7, 11) is 0. The normalized spacial score (nSPS) is 13.0. The van der Waals surface area contributed by atoms with Crippen molar-refractivity contribution in [3.63, 3.8) is 0 Å². The van der Waals surface area contributed by atoms with E-state index in [-0.39, 0.29) is 41.8 Å². The Bertz CT molecular complexity index is 9910. The molecule has 696 valence electrons. The van der Waals surface area contributed by atoms with Crippen LogP contribution in [0.1, 0.15) is 105 Å². The van der Waals surface area contributed by atoms with E-state index in [1.54, 1.807) is 0 Å². The average Bonchev–Trinajstić information content (AvgIpc) is 1.51. The van der Waals surface area contributed by atoms with Crippen molar-refractivity contribution in [2.45, 2.75) is 105 Å². The highest BCUT2D eigenvalue weighted by Crippen LogP contribution is 2.47. The second-order valence-electron chi connectivity index (χ2n) is 45.1. The van der Waals surface area contributed by atoms with Crippen molar-refractivity contribution in [1.82, 2.24) is 32.0 Å². The minimum absolute atomic E-state index is 0.00235. The van der Waals surface area contributed by atoms with Crippen molar-refractivity contribution in [1.29, 1.82) is 0 Å². The van der Waals surface area contributed by atoms with E-state index in [2.05, 4.69) is 552 Å². The van der Waals surface area contributed by atoms with Crippen molar-refractivity contribution < 1.29 is 0 Å². The van der Waals surface area contributed by atoms with Crippen LogP contribution in [0.5, 0.6) is 0 Å². The summed E-state index contributed by atoms with van der Waals surface area (Å²) >= 11 is 0. The fourth-order valence-electron chi connectivity index (χ4n) is 25.5. The molecule has 3 aliphatic rings. The summed E-state index contributed by atoms with van der Waals surface area (Å²) in [5.41, 5.74) is 43.7. The molecule has 3 aliphatic heterocycles. The Balaban J connectivity index is 0.000000107. The molecule has 7 nitrogen and oxygen atoms in total. The number of benzene rings is 20. The van der Waals surface area contributed by atoms with Crippen LogP contribution < -0.4 is 49.2 Å². The molecule has 10 heteroatoms. The van der Waals surface area contributed by atoms with Gasteiger partial charge in [0.05, 0.1) is 60.7 Å². The Morgan fingerprint density at radius 3 is 0.699 bits per heavy atom. The molecule has 0 bridgehead atoms. The first kappa shape index (κ1) is 87.0. The van der Waals surface area contributed by atoms with Gasteiger partial charge in [0, 0.05) is 132 Å². The molecule has 146 heavy (non-hydrogen) atoms. The predicted octanol–water partition coefficient (Wildman–Crippen LogP) is 28.4. The summed E-state index contributed by atoms with van der Waals surface area (Å²) in [5, 5.41) is 18.1. The summed E-state index contributed by atoms with van der Waals surface area (Å²) in [6, 6.07) is 163. The summed E-state index contributed by atoms with van der Waals surface area (Å²) in [5.74, 6) is 0. The molecule has 0 saturated carbocycles.